The summed E-state index contributed by atoms with van der Waals surface area (Å²) in [5, 5.41) is 12.6. The molecule has 1 aliphatic heterocycles. The van der Waals surface area contributed by atoms with Gasteiger partial charge in [-0.3, -0.25) is 14.7 Å². The number of amides is 2. The Balaban J connectivity index is 1.41. The van der Waals surface area contributed by atoms with Crippen molar-refractivity contribution >= 4 is 21.8 Å². The van der Waals surface area contributed by atoms with Crippen LogP contribution in [0, 0.1) is 17.2 Å². The molecule has 1 aromatic carbocycles. The number of nitrogens with one attached hydrogen (secondary N) is 1. The fourth-order valence-corrected chi connectivity index (χ4v) is 5.67. The van der Waals surface area contributed by atoms with E-state index < -0.39 is 33.6 Å². The molecule has 4 rings (SSSR count). The van der Waals surface area contributed by atoms with Crippen LogP contribution < -0.4 is 5.32 Å². The quantitative estimate of drug-likeness (QED) is 0.612. The van der Waals surface area contributed by atoms with E-state index in [9.17, 15) is 23.3 Å². The van der Waals surface area contributed by atoms with Crippen LogP contribution in [0.2, 0.25) is 0 Å². The maximum atomic E-state index is 13.2. The van der Waals surface area contributed by atoms with Gasteiger partial charge in [-0.25, -0.2) is 13.2 Å². The summed E-state index contributed by atoms with van der Waals surface area (Å²) in [6.45, 7) is 5.39. The Kier molecular flexibility index (Phi) is 7.29. The van der Waals surface area contributed by atoms with Gasteiger partial charge in [-0.1, -0.05) is 24.3 Å². The summed E-state index contributed by atoms with van der Waals surface area (Å²) in [7, 11) is -3.32. The van der Waals surface area contributed by atoms with Crippen molar-refractivity contribution in [1.82, 2.24) is 15.2 Å². The van der Waals surface area contributed by atoms with E-state index in [-0.39, 0.29) is 22.8 Å². The van der Waals surface area contributed by atoms with Crippen molar-refractivity contribution in [3.05, 3.63) is 48.2 Å². The van der Waals surface area contributed by atoms with E-state index in [0.29, 0.717) is 12.1 Å². The molecular weight excluding hydrogens is 492 g/mol. The van der Waals surface area contributed by atoms with Gasteiger partial charge in [0.25, 0.3) is 0 Å². The number of ether oxygens (including phenoxy) is 1. The van der Waals surface area contributed by atoms with Crippen LogP contribution in [-0.2, 0) is 25.8 Å². The van der Waals surface area contributed by atoms with E-state index in [0.717, 1.165) is 36.6 Å². The van der Waals surface area contributed by atoms with Crippen molar-refractivity contribution in [2.75, 3.05) is 6.26 Å². The Hall–Kier alpha value is -3.45. The van der Waals surface area contributed by atoms with E-state index in [1.54, 1.807) is 31.7 Å². The monoisotopic (exact) mass is 524 g/mol. The molecule has 1 saturated heterocycles. The number of sulfone groups is 1. The summed E-state index contributed by atoms with van der Waals surface area (Å²) in [5.74, 6) is -0.255. The zero-order valence-electron chi connectivity index (χ0n) is 21.5. The number of rotatable bonds is 6. The van der Waals surface area contributed by atoms with Gasteiger partial charge in [0.15, 0.2) is 9.84 Å². The number of carbonyl (C=O) groups is 2. The maximum absolute atomic E-state index is 13.2. The first kappa shape index (κ1) is 26.6. The summed E-state index contributed by atoms with van der Waals surface area (Å²) < 4.78 is 28.8. The van der Waals surface area contributed by atoms with Crippen LogP contribution in [0.3, 0.4) is 0 Å². The van der Waals surface area contributed by atoms with Crippen LogP contribution in [0.15, 0.2) is 47.5 Å². The molecule has 4 atom stereocenters. The van der Waals surface area contributed by atoms with Crippen molar-refractivity contribution in [3.63, 3.8) is 0 Å². The minimum Gasteiger partial charge on any atom is -0.444 e. The molecule has 4 unspecified atom stereocenters. The topological polar surface area (TPSA) is 129 Å². The largest absolute Gasteiger partial charge is 0.444 e. The smallest absolute Gasteiger partial charge is 0.411 e. The molecule has 2 aliphatic rings. The molecule has 196 valence electrons. The molecule has 2 bridgehead atoms. The second-order valence-corrected chi connectivity index (χ2v) is 12.8. The number of nitrogens with zero attached hydrogens (tertiary/aromatic N) is 3. The van der Waals surface area contributed by atoms with Crippen molar-refractivity contribution in [1.29, 1.82) is 5.26 Å². The third-order valence-corrected chi connectivity index (χ3v) is 7.88. The number of benzene rings is 1. The molecule has 2 fully saturated rings. The minimum absolute atomic E-state index is 0.0104. The summed E-state index contributed by atoms with van der Waals surface area (Å²) in [5.41, 5.74) is 1.62. The van der Waals surface area contributed by atoms with Crippen molar-refractivity contribution in [3.8, 4) is 17.3 Å². The first-order valence-corrected chi connectivity index (χ1v) is 14.2. The van der Waals surface area contributed by atoms with Gasteiger partial charge in [0.05, 0.1) is 16.7 Å². The van der Waals surface area contributed by atoms with Crippen LogP contribution in [0.4, 0.5) is 4.79 Å². The predicted molar refractivity (Wildman–Crippen MR) is 137 cm³/mol. The van der Waals surface area contributed by atoms with E-state index in [4.69, 9.17) is 4.74 Å². The minimum atomic E-state index is -3.32. The van der Waals surface area contributed by atoms with Gasteiger partial charge in [0.1, 0.15) is 17.7 Å². The first-order valence-electron chi connectivity index (χ1n) is 12.3. The van der Waals surface area contributed by atoms with Gasteiger partial charge in [-0.05, 0) is 63.6 Å². The van der Waals surface area contributed by atoms with Crippen molar-refractivity contribution < 1.29 is 22.7 Å². The molecule has 10 heteroatoms. The molecule has 37 heavy (non-hydrogen) atoms. The third kappa shape index (κ3) is 6.10. The number of carbonyl (C=O) groups excluding carboxylic acids is 2. The van der Waals surface area contributed by atoms with Crippen LogP contribution >= 0.6 is 0 Å². The van der Waals surface area contributed by atoms with Gasteiger partial charge in [0.2, 0.25) is 5.91 Å². The molecule has 2 heterocycles. The van der Waals surface area contributed by atoms with Gasteiger partial charge < -0.3 is 10.1 Å². The number of nitriles is 1. The van der Waals surface area contributed by atoms with Gasteiger partial charge >= 0.3 is 6.09 Å². The van der Waals surface area contributed by atoms with Crippen LogP contribution in [0.25, 0.3) is 11.3 Å². The second kappa shape index (κ2) is 10.1. The summed E-state index contributed by atoms with van der Waals surface area (Å²) in [6, 6.07) is 11.3. The summed E-state index contributed by atoms with van der Waals surface area (Å²) in [6.07, 6.45) is 4.78. The van der Waals surface area contributed by atoms with E-state index in [2.05, 4.69) is 16.4 Å². The lowest BCUT2D eigenvalue weighted by molar-refractivity contribution is -0.128. The molecule has 0 radical (unpaired) electrons. The van der Waals surface area contributed by atoms with Crippen molar-refractivity contribution in [2.24, 2.45) is 5.92 Å². The third-order valence-electron chi connectivity index (χ3n) is 6.78. The normalized spacial score (nSPS) is 21.8. The summed E-state index contributed by atoms with van der Waals surface area (Å²) >= 11 is 0. The lowest BCUT2D eigenvalue weighted by Crippen LogP contribution is -2.55. The number of piperidine rings is 1. The van der Waals surface area contributed by atoms with Gasteiger partial charge in [-0.2, -0.15) is 5.26 Å². The van der Waals surface area contributed by atoms with Gasteiger partial charge in [-0.15, -0.1) is 0 Å². The molecule has 9 nitrogen and oxygen atoms in total. The van der Waals surface area contributed by atoms with Crippen LogP contribution in [-0.4, -0.2) is 60.3 Å². The van der Waals surface area contributed by atoms with E-state index in [1.165, 1.54) is 12.3 Å². The zero-order valence-corrected chi connectivity index (χ0v) is 22.3. The predicted octanol–water partition coefficient (Wildman–Crippen LogP) is 3.49. The highest BCUT2D eigenvalue weighted by molar-refractivity contribution is 7.90. The Bertz CT molecular complexity index is 1310. The number of aromatic nitrogens is 1. The fourth-order valence-electron chi connectivity index (χ4n) is 5.11. The van der Waals surface area contributed by atoms with Crippen LogP contribution in [0.1, 0.15) is 45.6 Å². The van der Waals surface area contributed by atoms with Gasteiger partial charge in [0, 0.05) is 30.5 Å². The molecule has 2 amide bonds. The lowest BCUT2D eigenvalue weighted by atomic mass is 9.97. The Morgan fingerprint density at radius 2 is 1.89 bits per heavy atom. The lowest BCUT2D eigenvalue weighted by Gasteiger charge is -2.35. The second-order valence-electron chi connectivity index (χ2n) is 10.8. The van der Waals surface area contributed by atoms with Crippen molar-refractivity contribution in [2.45, 2.75) is 75.1 Å². The fraction of sp³-hybridized carbons (Fsp3) is 0.481. The molecule has 1 aromatic heterocycles. The number of hydrogen-bond acceptors (Lipinski definition) is 7. The SMILES string of the molecule is CC(C)(C)OC(=O)N1C2CCC(C2)C1C(=O)NC(C#N)Cc1ccc(-c2ccc(S(C)(=O)=O)cn2)cc1. The molecule has 1 saturated carbocycles. The molecule has 0 spiro atoms. The molecular formula is C27H32N4O5S. The number of likely N-dealkylation sites (tertiary alicyclic amines) is 1. The highest BCUT2D eigenvalue weighted by Gasteiger charge is 2.52. The standard InChI is InChI=1S/C27H32N4O5S/c1-27(2,3)36-26(33)31-21-10-9-19(14-21)24(31)25(32)30-20(15-28)13-17-5-7-18(8-6-17)23-12-11-22(16-29-23)37(4,34)35/h5-8,11-12,16,19-21,24H,9-10,13-14H2,1-4H3,(H,30,32). The molecule has 2 aromatic rings. The number of fused-ring (bicyclic) bond motifs is 2. The maximum Gasteiger partial charge on any atom is 0.411 e. The molecule has 1 N–H and O–H groups in total. The van der Waals surface area contributed by atoms with E-state index >= 15 is 0 Å². The number of hydrogen-bond donors (Lipinski definition) is 1. The van der Waals surface area contributed by atoms with E-state index in [1.807, 2.05) is 24.3 Å². The highest BCUT2D eigenvalue weighted by atomic mass is 32.2. The average Bonchev–Trinajstić information content (AvgIpc) is 3.44. The average molecular weight is 525 g/mol. The Labute approximate surface area is 217 Å². The Morgan fingerprint density at radius 3 is 2.46 bits per heavy atom. The zero-order chi connectivity index (χ0) is 27.0. The molecule has 1 aliphatic carbocycles. The highest BCUT2D eigenvalue weighted by Crippen LogP contribution is 2.43. The Morgan fingerprint density at radius 1 is 1.19 bits per heavy atom. The van der Waals surface area contributed by atoms with Crippen LogP contribution in [0.5, 0.6) is 0 Å². The number of pyridine rings is 1. The first-order chi connectivity index (χ1) is 17.4. The summed E-state index contributed by atoms with van der Waals surface area (Å²) in [4.78, 5) is 32.1.